The summed E-state index contributed by atoms with van der Waals surface area (Å²) in [5.74, 6) is -0.381. The maximum Gasteiger partial charge on any atom is 0.331 e. The van der Waals surface area contributed by atoms with Crippen molar-refractivity contribution in [3.8, 4) is 0 Å². The molecule has 2 aliphatic rings. The third-order valence-electron chi connectivity index (χ3n) is 6.91. The fourth-order valence-electron chi connectivity index (χ4n) is 5.13. The zero-order valence-corrected chi connectivity index (χ0v) is 20.0. The van der Waals surface area contributed by atoms with Crippen LogP contribution >= 0.6 is 0 Å². The van der Waals surface area contributed by atoms with Gasteiger partial charge in [-0.1, -0.05) is 24.3 Å². The van der Waals surface area contributed by atoms with Gasteiger partial charge in [-0.25, -0.2) is 9.18 Å². The Balaban J connectivity index is 1.60. The van der Waals surface area contributed by atoms with Gasteiger partial charge in [0.15, 0.2) is 0 Å². The van der Waals surface area contributed by atoms with Gasteiger partial charge in [-0.15, -0.1) is 0 Å². The van der Waals surface area contributed by atoms with E-state index in [1.54, 1.807) is 0 Å². The first-order valence-electron chi connectivity index (χ1n) is 11.8. The summed E-state index contributed by atoms with van der Waals surface area (Å²) in [4.78, 5) is 22.4. The Hall–Kier alpha value is -2.29. The molecule has 1 aromatic carbocycles. The minimum atomic E-state index is -0.416. The van der Waals surface area contributed by atoms with Crippen LogP contribution in [0.1, 0.15) is 37.7 Å². The second-order valence-electron chi connectivity index (χ2n) is 8.87. The first kappa shape index (κ1) is 26.3. The van der Waals surface area contributed by atoms with Crippen molar-refractivity contribution in [3.63, 3.8) is 0 Å². The summed E-state index contributed by atoms with van der Waals surface area (Å²) in [5, 5.41) is 0. The largest absolute Gasteiger partial charge is 0.469 e. The Bertz CT molecular complexity index is 825. The molecule has 7 nitrogen and oxygen atoms in total. The Morgan fingerprint density at radius 1 is 1.09 bits per heavy atom. The molecule has 188 valence electrons. The zero-order valence-electron chi connectivity index (χ0n) is 20.0. The molecule has 1 aliphatic carbocycles. The third kappa shape index (κ3) is 6.64. The van der Waals surface area contributed by atoms with Crippen LogP contribution in [-0.2, 0) is 38.7 Å². The summed E-state index contributed by atoms with van der Waals surface area (Å²) >= 11 is 0. The number of unbranched alkanes of at least 4 members (excludes halogenated alkanes) is 1. The van der Waals surface area contributed by atoms with E-state index in [0.29, 0.717) is 32.8 Å². The number of allylic oxidation sites excluding steroid dienone is 2. The van der Waals surface area contributed by atoms with Crippen molar-refractivity contribution in [3.05, 3.63) is 47.8 Å². The first-order chi connectivity index (χ1) is 16.5. The van der Waals surface area contributed by atoms with E-state index >= 15 is 0 Å². The molecule has 0 aromatic heterocycles. The van der Waals surface area contributed by atoms with Gasteiger partial charge < -0.3 is 23.7 Å². The number of carbonyl (C=O) groups is 2. The van der Waals surface area contributed by atoms with Crippen molar-refractivity contribution in [2.75, 3.05) is 47.3 Å². The minimum absolute atomic E-state index is 0.0822. The normalized spacial score (nSPS) is 25.7. The van der Waals surface area contributed by atoms with Gasteiger partial charge in [0.1, 0.15) is 12.4 Å². The number of benzene rings is 1. The summed E-state index contributed by atoms with van der Waals surface area (Å²) < 4.78 is 40.1. The van der Waals surface area contributed by atoms with E-state index in [9.17, 15) is 14.0 Å². The standard InChI is InChI=1S/C26H35FO7/c1-30-24(28)8-6-4-3-5-7-22-21(16-32-13-14-33-17-25(29)31-2)23-15-26(22,18-34-23)19-9-11-20(27)12-10-19/h3,5,9-12,21-23H,4,6-8,13-18H2,1-2H3/b5-3-/t21-,22-,23-,26-/m0/s1. The smallest absolute Gasteiger partial charge is 0.331 e. The molecule has 8 heteroatoms. The number of hydrogen-bond donors (Lipinski definition) is 0. The molecular formula is C26H35FO7. The van der Waals surface area contributed by atoms with Crippen LogP contribution in [0.5, 0.6) is 0 Å². The average molecular weight is 479 g/mol. The number of halogens is 1. The molecule has 1 aliphatic heterocycles. The highest BCUT2D eigenvalue weighted by atomic mass is 19.1. The average Bonchev–Trinajstić information content (AvgIpc) is 3.41. The van der Waals surface area contributed by atoms with Crippen LogP contribution in [0.15, 0.2) is 36.4 Å². The molecule has 0 unspecified atom stereocenters. The molecule has 1 saturated heterocycles. The molecule has 0 radical (unpaired) electrons. The Morgan fingerprint density at radius 2 is 1.82 bits per heavy atom. The topological polar surface area (TPSA) is 80.3 Å². The SMILES string of the molecule is COC(=O)CCC/C=C\C[C@H]1[C@H](COCCOCC(=O)OC)[C@@H]2C[C@@]1(c1ccc(F)cc1)CO2. The number of carbonyl (C=O) groups excluding carboxylic acids is 2. The maximum atomic E-state index is 13.6. The van der Waals surface area contributed by atoms with Gasteiger partial charge in [0.05, 0.1) is 46.8 Å². The monoisotopic (exact) mass is 478 g/mol. The molecule has 0 N–H and O–H groups in total. The number of hydrogen-bond acceptors (Lipinski definition) is 7. The van der Waals surface area contributed by atoms with Crippen LogP contribution in [0.4, 0.5) is 4.39 Å². The van der Waals surface area contributed by atoms with Crippen LogP contribution < -0.4 is 0 Å². The highest BCUT2D eigenvalue weighted by molar-refractivity contribution is 5.70. The van der Waals surface area contributed by atoms with Gasteiger partial charge in [-0.2, -0.15) is 0 Å². The second-order valence-corrected chi connectivity index (χ2v) is 8.87. The molecule has 3 rings (SSSR count). The predicted molar refractivity (Wildman–Crippen MR) is 123 cm³/mol. The van der Waals surface area contributed by atoms with Crippen molar-refractivity contribution in [1.82, 2.24) is 0 Å². The number of ether oxygens (including phenoxy) is 5. The summed E-state index contributed by atoms with van der Waals surface area (Å²) in [6.07, 6.45) is 8.08. The van der Waals surface area contributed by atoms with Crippen molar-refractivity contribution in [2.45, 2.75) is 43.6 Å². The Labute approximate surface area is 200 Å². The summed E-state index contributed by atoms with van der Waals surface area (Å²) in [6, 6.07) is 6.77. The molecule has 1 heterocycles. The van der Waals surface area contributed by atoms with Crippen LogP contribution in [0.25, 0.3) is 0 Å². The predicted octanol–water partition coefficient (Wildman–Crippen LogP) is 3.59. The molecular weight excluding hydrogens is 443 g/mol. The second kappa shape index (κ2) is 13.0. The fourth-order valence-corrected chi connectivity index (χ4v) is 5.13. The molecule has 1 aromatic rings. The quantitative estimate of drug-likeness (QED) is 0.230. The minimum Gasteiger partial charge on any atom is -0.469 e. The van der Waals surface area contributed by atoms with Crippen molar-refractivity contribution in [2.24, 2.45) is 11.8 Å². The van der Waals surface area contributed by atoms with Crippen molar-refractivity contribution >= 4 is 11.9 Å². The van der Waals surface area contributed by atoms with Crippen LogP contribution in [0.2, 0.25) is 0 Å². The Kier molecular flexibility index (Phi) is 10.0. The van der Waals surface area contributed by atoms with Gasteiger partial charge in [0.2, 0.25) is 0 Å². The lowest BCUT2D eigenvalue weighted by Crippen LogP contribution is -2.41. The third-order valence-corrected chi connectivity index (χ3v) is 6.91. The van der Waals surface area contributed by atoms with E-state index in [-0.39, 0.29) is 41.7 Å². The van der Waals surface area contributed by atoms with Crippen LogP contribution in [0.3, 0.4) is 0 Å². The molecule has 2 fully saturated rings. The fraction of sp³-hybridized carbons (Fsp3) is 0.615. The highest BCUT2D eigenvalue weighted by Gasteiger charge is 2.59. The molecule has 0 amide bonds. The highest BCUT2D eigenvalue weighted by Crippen LogP contribution is 2.56. The van der Waals surface area contributed by atoms with Gasteiger partial charge in [-0.05, 0) is 49.3 Å². The summed E-state index contributed by atoms with van der Waals surface area (Å²) in [6.45, 7) is 1.73. The molecule has 1 saturated carbocycles. The number of fused-ring (bicyclic) bond motifs is 2. The molecule has 34 heavy (non-hydrogen) atoms. The lowest BCUT2D eigenvalue weighted by molar-refractivity contribution is -0.146. The van der Waals surface area contributed by atoms with E-state index in [1.165, 1.54) is 26.4 Å². The zero-order chi connectivity index (χ0) is 24.4. The molecule has 4 atom stereocenters. The maximum absolute atomic E-state index is 13.6. The number of esters is 2. The Morgan fingerprint density at radius 3 is 2.56 bits per heavy atom. The van der Waals surface area contributed by atoms with Gasteiger partial charge in [-0.3, -0.25) is 4.79 Å². The summed E-state index contributed by atoms with van der Waals surface area (Å²) in [5.41, 5.74) is 0.925. The number of methoxy groups -OCH3 is 2. The lowest BCUT2D eigenvalue weighted by atomic mass is 9.69. The lowest BCUT2D eigenvalue weighted by Gasteiger charge is -2.39. The van der Waals surface area contributed by atoms with Crippen LogP contribution in [0, 0.1) is 17.7 Å². The van der Waals surface area contributed by atoms with Crippen LogP contribution in [-0.4, -0.2) is 65.3 Å². The van der Waals surface area contributed by atoms with Crippen molar-refractivity contribution < 1.29 is 37.7 Å². The van der Waals surface area contributed by atoms with Gasteiger partial charge in [0.25, 0.3) is 0 Å². The molecule has 0 spiro atoms. The van der Waals surface area contributed by atoms with Gasteiger partial charge >= 0.3 is 11.9 Å². The van der Waals surface area contributed by atoms with E-state index in [0.717, 1.165) is 31.2 Å². The van der Waals surface area contributed by atoms with E-state index in [2.05, 4.69) is 21.6 Å². The van der Waals surface area contributed by atoms with E-state index < -0.39 is 5.97 Å². The van der Waals surface area contributed by atoms with E-state index in [1.807, 2.05) is 12.1 Å². The van der Waals surface area contributed by atoms with E-state index in [4.69, 9.17) is 14.2 Å². The molecule has 2 bridgehead atoms. The van der Waals surface area contributed by atoms with Crippen molar-refractivity contribution in [1.29, 1.82) is 0 Å². The number of rotatable bonds is 14. The van der Waals surface area contributed by atoms with Gasteiger partial charge in [0, 0.05) is 17.8 Å². The summed E-state index contributed by atoms with van der Waals surface area (Å²) in [7, 11) is 2.72. The first-order valence-corrected chi connectivity index (χ1v) is 11.8.